The minimum absolute atomic E-state index is 0.189. The number of rotatable bonds is 2. The van der Waals surface area contributed by atoms with E-state index in [1.165, 1.54) is 0 Å². The third kappa shape index (κ3) is 2.42. The van der Waals surface area contributed by atoms with Gasteiger partial charge in [0.15, 0.2) is 11.5 Å². The van der Waals surface area contributed by atoms with E-state index in [1.54, 1.807) is 12.3 Å². The van der Waals surface area contributed by atoms with Crippen molar-refractivity contribution < 1.29 is 14.3 Å². The number of pyridine rings is 1. The first-order valence-corrected chi connectivity index (χ1v) is 6.35. The number of ether oxygens (including phenoxy) is 2. The van der Waals surface area contributed by atoms with Gasteiger partial charge in [-0.05, 0) is 30.7 Å². The predicted octanol–water partition coefficient (Wildman–Crippen LogP) is 2.17. The Hall–Kier alpha value is -2.56. The number of nitrogens with one attached hydrogen (secondary N) is 1. The third-order valence-corrected chi connectivity index (χ3v) is 3.05. The van der Waals surface area contributed by atoms with Crippen LogP contribution in [-0.4, -0.2) is 23.6 Å². The molecule has 102 valence electrons. The first-order chi connectivity index (χ1) is 9.74. The molecule has 0 fully saturated rings. The molecule has 1 aromatic heterocycles. The zero-order chi connectivity index (χ0) is 13.9. The van der Waals surface area contributed by atoms with Gasteiger partial charge in [-0.25, -0.2) is 4.98 Å². The average molecular weight is 270 g/mol. The summed E-state index contributed by atoms with van der Waals surface area (Å²) in [6, 6.07) is 11.0. The Kier molecular flexibility index (Phi) is 3.25. The number of amides is 1. The first-order valence-electron chi connectivity index (χ1n) is 6.35. The number of benzene rings is 1. The smallest absolute Gasteiger partial charge is 0.270 e. The Bertz CT molecular complexity index is 643. The van der Waals surface area contributed by atoms with Gasteiger partial charge >= 0.3 is 0 Å². The van der Waals surface area contributed by atoms with E-state index in [2.05, 4.69) is 10.3 Å². The van der Waals surface area contributed by atoms with E-state index < -0.39 is 6.10 Å². The topological polar surface area (TPSA) is 60.5 Å². The lowest BCUT2D eigenvalue weighted by molar-refractivity contribution is -0.125. The standard InChI is InChI=1S/C15H14N2O3/c1-10-5-4-8-16-14(10)17-15(18)13-9-19-11-6-2-3-7-12(11)20-13/h2-8,13H,9H2,1H3,(H,16,17,18)/t13-/m0/s1. The normalized spacial score (nSPS) is 16.6. The van der Waals surface area contributed by atoms with Crippen molar-refractivity contribution in [1.29, 1.82) is 0 Å². The van der Waals surface area contributed by atoms with Crippen molar-refractivity contribution in [1.82, 2.24) is 4.98 Å². The van der Waals surface area contributed by atoms with Crippen molar-refractivity contribution in [3.63, 3.8) is 0 Å². The summed E-state index contributed by atoms with van der Waals surface area (Å²) in [6.07, 6.45) is 0.960. The van der Waals surface area contributed by atoms with Crippen LogP contribution in [0, 0.1) is 6.92 Å². The summed E-state index contributed by atoms with van der Waals surface area (Å²) in [5, 5.41) is 2.76. The highest BCUT2D eigenvalue weighted by Crippen LogP contribution is 2.31. The molecule has 5 nitrogen and oxygen atoms in total. The molecule has 1 aliphatic heterocycles. The largest absolute Gasteiger partial charge is 0.485 e. The molecule has 0 aliphatic carbocycles. The van der Waals surface area contributed by atoms with Gasteiger partial charge in [0, 0.05) is 6.20 Å². The van der Waals surface area contributed by atoms with Gasteiger partial charge in [-0.15, -0.1) is 0 Å². The number of para-hydroxylation sites is 2. The number of hydrogen-bond donors (Lipinski definition) is 1. The van der Waals surface area contributed by atoms with Crippen LogP contribution in [0.1, 0.15) is 5.56 Å². The molecule has 1 N–H and O–H groups in total. The zero-order valence-electron chi connectivity index (χ0n) is 11.0. The SMILES string of the molecule is Cc1cccnc1NC(=O)[C@@H]1COc2ccccc2O1. The minimum Gasteiger partial charge on any atom is -0.485 e. The average Bonchev–Trinajstić information content (AvgIpc) is 2.49. The molecule has 0 saturated heterocycles. The van der Waals surface area contributed by atoms with E-state index >= 15 is 0 Å². The first kappa shape index (κ1) is 12.5. The van der Waals surface area contributed by atoms with Crippen molar-refractivity contribution in [2.45, 2.75) is 13.0 Å². The van der Waals surface area contributed by atoms with Crippen LogP contribution in [0.25, 0.3) is 0 Å². The Labute approximate surface area is 116 Å². The molecule has 2 heterocycles. The predicted molar refractivity (Wildman–Crippen MR) is 74.0 cm³/mol. The molecule has 0 spiro atoms. The highest BCUT2D eigenvalue weighted by atomic mass is 16.6. The Morgan fingerprint density at radius 1 is 1.25 bits per heavy atom. The maximum Gasteiger partial charge on any atom is 0.270 e. The summed E-state index contributed by atoms with van der Waals surface area (Å²) >= 11 is 0. The summed E-state index contributed by atoms with van der Waals surface area (Å²) in [7, 11) is 0. The second kappa shape index (κ2) is 5.21. The maximum atomic E-state index is 12.2. The molecule has 1 atom stereocenters. The summed E-state index contributed by atoms with van der Waals surface area (Å²) < 4.78 is 11.2. The van der Waals surface area contributed by atoms with Crippen molar-refractivity contribution >= 4 is 11.7 Å². The second-order valence-electron chi connectivity index (χ2n) is 4.52. The lowest BCUT2D eigenvalue weighted by Gasteiger charge is -2.25. The van der Waals surface area contributed by atoms with Crippen LogP contribution < -0.4 is 14.8 Å². The molecule has 1 aliphatic rings. The Morgan fingerprint density at radius 2 is 2.05 bits per heavy atom. The van der Waals surface area contributed by atoms with E-state index in [1.807, 2.05) is 37.3 Å². The molecule has 0 unspecified atom stereocenters. The molecule has 0 saturated carbocycles. The van der Waals surface area contributed by atoms with Crippen LogP contribution in [0.2, 0.25) is 0 Å². The summed E-state index contributed by atoms with van der Waals surface area (Å²) in [6.45, 7) is 2.07. The highest BCUT2D eigenvalue weighted by molar-refractivity contribution is 5.94. The van der Waals surface area contributed by atoms with Crippen LogP contribution in [0.15, 0.2) is 42.6 Å². The Morgan fingerprint density at radius 3 is 2.85 bits per heavy atom. The van der Waals surface area contributed by atoms with Crippen LogP contribution in [0.5, 0.6) is 11.5 Å². The quantitative estimate of drug-likeness (QED) is 0.908. The van der Waals surface area contributed by atoms with Gasteiger partial charge in [0.2, 0.25) is 6.10 Å². The molecule has 1 aromatic carbocycles. The van der Waals surface area contributed by atoms with E-state index in [0.29, 0.717) is 17.3 Å². The van der Waals surface area contributed by atoms with Crippen molar-refractivity contribution in [2.24, 2.45) is 0 Å². The van der Waals surface area contributed by atoms with Crippen LogP contribution in [0.3, 0.4) is 0 Å². The molecule has 2 aromatic rings. The zero-order valence-corrected chi connectivity index (χ0v) is 11.0. The molecule has 3 rings (SSSR count). The Balaban J connectivity index is 1.72. The van der Waals surface area contributed by atoms with E-state index in [-0.39, 0.29) is 12.5 Å². The number of aryl methyl sites for hydroxylation is 1. The maximum absolute atomic E-state index is 12.2. The van der Waals surface area contributed by atoms with E-state index in [0.717, 1.165) is 5.56 Å². The second-order valence-corrected chi connectivity index (χ2v) is 4.52. The summed E-state index contributed by atoms with van der Waals surface area (Å²) in [4.78, 5) is 16.3. The van der Waals surface area contributed by atoms with E-state index in [4.69, 9.17) is 9.47 Å². The number of nitrogens with zero attached hydrogens (tertiary/aromatic N) is 1. The highest BCUT2D eigenvalue weighted by Gasteiger charge is 2.27. The van der Waals surface area contributed by atoms with Gasteiger partial charge < -0.3 is 14.8 Å². The monoisotopic (exact) mass is 270 g/mol. The molecular formula is C15H14N2O3. The molecule has 5 heteroatoms. The fourth-order valence-corrected chi connectivity index (χ4v) is 1.96. The number of carbonyl (C=O) groups excluding carboxylic acids is 1. The van der Waals surface area contributed by atoms with E-state index in [9.17, 15) is 4.79 Å². The van der Waals surface area contributed by atoms with Crippen LogP contribution >= 0.6 is 0 Å². The minimum atomic E-state index is -0.675. The van der Waals surface area contributed by atoms with Crippen molar-refractivity contribution in [2.75, 3.05) is 11.9 Å². The van der Waals surface area contributed by atoms with Crippen LogP contribution in [0.4, 0.5) is 5.82 Å². The van der Waals surface area contributed by atoms with Gasteiger partial charge in [0.05, 0.1) is 0 Å². The van der Waals surface area contributed by atoms with Crippen LogP contribution in [-0.2, 0) is 4.79 Å². The molecule has 1 amide bonds. The fraction of sp³-hybridized carbons (Fsp3) is 0.200. The van der Waals surface area contributed by atoms with Gasteiger partial charge in [0.25, 0.3) is 5.91 Å². The number of hydrogen-bond acceptors (Lipinski definition) is 4. The molecule has 20 heavy (non-hydrogen) atoms. The van der Waals surface area contributed by atoms with Gasteiger partial charge in [-0.2, -0.15) is 0 Å². The molecule has 0 bridgehead atoms. The fourth-order valence-electron chi connectivity index (χ4n) is 1.96. The lowest BCUT2D eigenvalue weighted by atomic mass is 10.2. The lowest BCUT2D eigenvalue weighted by Crippen LogP contribution is -2.40. The number of anilines is 1. The van der Waals surface area contributed by atoms with Crippen molar-refractivity contribution in [3.8, 4) is 11.5 Å². The molecular weight excluding hydrogens is 256 g/mol. The van der Waals surface area contributed by atoms with Gasteiger partial charge in [-0.3, -0.25) is 4.79 Å². The number of carbonyl (C=O) groups is 1. The van der Waals surface area contributed by atoms with Gasteiger partial charge in [-0.1, -0.05) is 18.2 Å². The molecule has 0 radical (unpaired) electrons. The number of fused-ring (bicyclic) bond motifs is 1. The summed E-state index contributed by atoms with van der Waals surface area (Å²) in [5.41, 5.74) is 0.901. The number of aromatic nitrogens is 1. The summed E-state index contributed by atoms with van der Waals surface area (Å²) in [5.74, 6) is 1.52. The third-order valence-electron chi connectivity index (χ3n) is 3.05. The van der Waals surface area contributed by atoms with Crippen molar-refractivity contribution in [3.05, 3.63) is 48.2 Å². The van der Waals surface area contributed by atoms with Gasteiger partial charge in [0.1, 0.15) is 12.4 Å².